The van der Waals surface area contributed by atoms with Crippen LogP contribution in [0.15, 0.2) is 30.5 Å². The number of anilines is 1. The Labute approximate surface area is 109 Å². The van der Waals surface area contributed by atoms with Crippen molar-refractivity contribution in [1.82, 2.24) is 9.78 Å². The van der Waals surface area contributed by atoms with E-state index in [4.69, 9.17) is 22.4 Å². The van der Waals surface area contributed by atoms with Gasteiger partial charge in [0.1, 0.15) is 5.82 Å². The van der Waals surface area contributed by atoms with Crippen molar-refractivity contribution in [2.45, 2.75) is 13.0 Å². The first-order valence-electron chi connectivity index (χ1n) is 5.32. The van der Waals surface area contributed by atoms with Gasteiger partial charge in [-0.2, -0.15) is 5.10 Å². The normalized spacial score (nSPS) is 10.5. The van der Waals surface area contributed by atoms with Gasteiger partial charge in [0.05, 0.1) is 19.2 Å². The maximum atomic E-state index is 10.6. The number of nitrogen functional groups attached to an aromatic ring is 1. The van der Waals surface area contributed by atoms with Crippen molar-refractivity contribution in [1.29, 1.82) is 0 Å². The third kappa shape index (κ3) is 2.81. The SMILES string of the molecule is Nc1c(CC(=O)O)cnn1Cc1ccc(Cl)cc1. The summed E-state index contributed by atoms with van der Waals surface area (Å²) in [7, 11) is 0. The second kappa shape index (κ2) is 5.10. The highest BCUT2D eigenvalue weighted by Gasteiger charge is 2.10. The van der Waals surface area contributed by atoms with Gasteiger partial charge in [-0.15, -0.1) is 0 Å². The number of rotatable bonds is 4. The summed E-state index contributed by atoms with van der Waals surface area (Å²) in [4.78, 5) is 10.6. The molecule has 0 unspecified atom stereocenters. The number of aromatic nitrogens is 2. The zero-order valence-electron chi connectivity index (χ0n) is 9.51. The van der Waals surface area contributed by atoms with Crippen LogP contribution in [0, 0.1) is 0 Å². The van der Waals surface area contributed by atoms with E-state index in [9.17, 15) is 4.79 Å². The van der Waals surface area contributed by atoms with Crippen LogP contribution in [0.4, 0.5) is 5.82 Å². The van der Waals surface area contributed by atoms with E-state index in [1.807, 2.05) is 12.1 Å². The highest BCUT2D eigenvalue weighted by atomic mass is 35.5. The number of benzene rings is 1. The predicted molar refractivity (Wildman–Crippen MR) is 68.5 cm³/mol. The molecule has 0 saturated carbocycles. The lowest BCUT2D eigenvalue weighted by Gasteiger charge is -2.05. The topological polar surface area (TPSA) is 81.1 Å². The molecule has 0 radical (unpaired) electrons. The van der Waals surface area contributed by atoms with Crippen molar-refractivity contribution in [3.8, 4) is 0 Å². The molecule has 3 N–H and O–H groups in total. The standard InChI is InChI=1S/C12H12ClN3O2/c13-10-3-1-8(2-4-10)7-16-12(14)9(6-15-16)5-11(17)18/h1-4,6H,5,7,14H2,(H,17,18). The Hall–Kier alpha value is -2.01. The van der Waals surface area contributed by atoms with Crippen LogP contribution < -0.4 is 5.73 Å². The Morgan fingerprint density at radius 2 is 2.06 bits per heavy atom. The van der Waals surface area contributed by atoms with Gasteiger partial charge in [-0.1, -0.05) is 23.7 Å². The second-order valence-corrected chi connectivity index (χ2v) is 4.35. The summed E-state index contributed by atoms with van der Waals surface area (Å²) in [6, 6.07) is 7.32. The first-order chi connectivity index (χ1) is 8.56. The van der Waals surface area contributed by atoms with Gasteiger partial charge in [-0.25, -0.2) is 4.68 Å². The summed E-state index contributed by atoms with van der Waals surface area (Å²) in [5, 5.41) is 13.5. The zero-order chi connectivity index (χ0) is 13.1. The third-order valence-corrected chi connectivity index (χ3v) is 2.80. The van der Waals surface area contributed by atoms with Crippen LogP contribution in [0.5, 0.6) is 0 Å². The molecule has 2 aromatic rings. The lowest BCUT2D eigenvalue weighted by molar-refractivity contribution is -0.136. The van der Waals surface area contributed by atoms with Gasteiger partial charge in [0.25, 0.3) is 0 Å². The molecular weight excluding hydrogens is 254 g/mol. The van der Waals surface area contributed by atoms with E-state index in [1.165, 1.54) is 6.20 Å². The Kier molecular flexibility index (Phi) is 3.53. The summed E-state index contributed by atoms with van der Waals surface area (Å²) in [6.45, 7) is 0.489. The van der Waals surface area contributed by atoms with E-state index >= 15 is 0 Å². The number of carboxylic acid groups (broad SMARTS) is 1. The number of carboxylic acids is 1. The number of halogens is 1. The number of hydrogen-bond donors (Lipinski definition) is 2. The first-order valence-corrected chi connectivity index (χ1v) is 5.70. The molecule has 1 aromatic heterocycles. The molecule has 0 spiro atoms. The van der Waals surface area contributed by atoms with E-state index in [0.29, 0.717) is 22.9 Å². The zero-order valence-corrected chi connectivity index (χ0v) is 10.3. The summed E-state index contributed by atoms with van der Waals surface area (Å²) in [6.07, 6.45) is 1.37. The quantitative estimate of drug-likeness (QED) is 0.883. The molecule has 0 fully saturated rings. The molecular formula is C12H12ClN3O2. The highest BCUT2D eigenvalue weighted by Crippen LogP contribution is 2.15. The minimum absolute atomic E-state index is 0.119. The lowest BCUT2D eigenvalue weighted by Crippen LogP contribution is -2.08. The molecule has 1 aromatic carbocycles. The fourth-order valence-electron chi connectivity index (χ4n) is 1.62. The van der Waals surface area contributed by atoms with E-state index in [-0.39, 0.29) is 6.42 Å². The molecule has 0 bridgehead atoms. The number of aliphatic carboxylic acids is 1. The largest absolute Gasteiger partial charge is 0.481 e. The van der Waals surface area contributed by atoms with Crippen LogP contribution >= 0.6 is 11.6 Å². The van der Waals surface area contributed by atoms with Crippen molar-refractivity contribution in [3.63, 3.8) is 0 Å². The van der Waals surface area contributed by atoms with Gasteiger partial charge in [0.15, 0.2) is 0 Å². The maximum absolute atomic E-state index is 10.6. The number of nitrogens with zero attached hydrogens (tertiary/aromatic N) is 2. The molecule has 0 amide bonds. The number of hydrogen-bond acceptors (Lipinski definition) is 3. The summed E-state index contributed by atoms with van der Waals surface area (Å²) < 4.78 is 1.57. The first kappa shape index (κ1) is 12.4. The molecule has 1 heterocycles. The predicted octanol–water partition coefficient (Wildman–Crippen LogP) is 1.79. The summed E-state index contributed by atoms with van der Waals surface area (Å²) in [5.74, 6) is -0.542. The van der Waals surface area contributed by atoms with Crippen LogP contribution in [0.1, 0.15) is 11.1 Å². The molecule has 6 heteroatoms. The fraction of sp³-hybridized carbons (Fsp3) is 0.167. The van der Waals surface area contributed by atoms with Crippen LogP contribution in [-0.2, 0) is 17.8 Å². The van der Waals surface area contributed by atoms with Gasteiger partial charge in [-0.05, 0) is 17.7 Å². The monoisotopic (exact) mass is 265 g/mol. The molecule has 94 valence electrons. The minimum Gasteiger partial charge on any atom is -0.481 e. The Morgan fingerprint density at radius 1 is 1.39 bits per heavy atom. The van der Waals surface area contributed by atoms with Gasteiger partial charge in [0, 0.05) is 10.6 Å². The highest BCUT2D eigenvalue weighted by molar-refractivity contribution is 6.30. The molecule has 0 atom stereocenters. The summed E-state index contributed by atoms with van der Waals surface area (Å²) in [5.41, 5.74) is 7.36. The Morgan fingerprint density at radius 3 is 2.67 bits per heavy atom. The van der Waals surface area contributed by atoms with Crippen LogP contribution in [0.3, 0.4) is 0 Å². The summed E-state index contributed by atoms with van der Waals surface area (Å²) >= 11 is 5.79. The van der Waals surface area contributed by atoms with Gasteiger partial charge >= 0.3 is 5.97 Å². The van der Waals surface area contributed by atoms with Gasteiger partial charge < -0.3 is 10.8 Å². The van der Waals surface area contributed by atoms with Crippen molar-refractivity contribution in [2.24, 2.45) is 0 Å². The van der Waals surface area contributed by atoms with E-state index in [0.717, 1.165) is 5.56 Å². The third-order valence-electron chi connectivity index (χ3n) is 2.55. The van der Waals surface area contributed by atoms with E-state index < -0.39 is 5.97 Å². The Bertz CT molecular complexity index is 563. The smallest absolute Gasteiger partial charge is 0.308 e. The fourth-order valence-corrected chi connectivity index (χ4v) is 1.75. The van der Waals surface area contributed by atoms with Crippen LogP contribution in [0.2, 0.25) is 5.02 Å². The van der Waals surface area contributed by atoms with E-state index in [2.05, 4.69) is 5.10 Å². The van der Waals surface area contributed by atoms with Gasteiger partial charge in [0.2, 0.25) is 0 Å². The molecule has 0 aliphatic rings. The molecule has 0 saturated heterocycles. The second-order valence-electron chi connectivity index (χ2n) is 3.91. The van der Waals surface area contributed by atoms with Gasteiger partial charge in [-0.3, -0.25) is 4.79 Å². The average Bonchev–Trinajstić information content (AvgIpc) is 2.64. The van der Waals surface area contributed by atoms with Crippen LogP contribution in [-0.4, -0.2) is 20.9 Å². The molecule has 0 aliphatic carbocycles. The molecule has 18 heavy (non-hydrogen) atoms. The maximum Gasteiger partial charge on any atom is 0.308 e. The van der Waals surface area contributed by atoms with Crippen molar-refractivity contribution in [2.75, 3.05) is 5.73 Å². The van der Waals surface area contributed by atoms with Crippen molar-refractivity contribution in [3.05, 3.63) is 46.6 Å². The van der Waals surface area contributed by atoms with Crippen LogP contribution in [0.25, 0.3) is 0 Å². The molecule has 5 nitrogen and oxygen atoms in total. The number of carbonyl (C=O) groups is 1. The number of nitrogens with two attached hydrogens (primary N) is 1. The van der Waals surface area contributed by atoms with E-state index in [1.54, 1.807) is 16.8 Å². The van der Waals surface area contributed by atoms with Crippen molar-refractivity contribution >= 4 is 23.4 Å². The van der Waals surface area contributed by atoms with Crippen molar-refractivity contribution < 1.29 is 9.90 Å². The molecule has 0 aliphatic heterocycles. The lowest BCUT2D eigenvalue weighted by atomic mass is 10.2. The average molecular weight is 266 g/mol. The molecule has 2 rings (SSSR count). The minimum atomic E-state index is -0.923. The Balaban J connectivity index is 2.17.